The molecule has 0 unspecified atom stereocenters. The number of benzene rings is 1. The standard InChI is InChI=1S/C15H13N5O2S/c1-10(21)19-12-2-4-13(5-3-12)20-14(22)11(8-16)9-18-15-17-6-7-23-15/h2-7,9H,1H3,(H,17,18)(H,19,21)(H,20,22)/b11-9-. The Morgan fingerprint density at radius 3 is 2.39 bits per heavy atom. The van der Waals surface area contributed by atoms with Gasteiger partial charge in [0.2, 0.25) is 5.91 Å². The third-order valence-electron chi connectivity index (χ3n) is 2.60. The number of hydrogen-bond donors (Lipinski definition) is 3. The van der Waals surface area contributed by atoms with Crippen molar-refractivity contribution in [2.45, 2.75) is 6.92 Å². The highest BCUT2D eigenvalue weighted by Gasteiger charge is 2.09. The van der Waals surface area contributed by atoms with Crippen LogP contribution in [0.5, 0.6) is 0 Å². The first-order valence-corrected chi connectivity index (χ1v) is 7.42. The number of anilines is 3. The molecule has 1 aromatic heterocycles. The summed E-state index contributed by atoms with van der Waals surface area (Å²) in [6.07, 6.45) is 2.92. The third kappa shape index (κ3) is 4.94. The van der Waals surface area contributed by atoms with Crippen molar-refractivity contribution in [3.63, 3.8) is 0 Å². The van der Waals surface area contributed by atoms with Gasteiger partial charge in [0.1, 0.15) is 11.6 Å². The van der Waals surface area contributed by atoms with Crippen LogP contribution in [-0.4, -0.2) is 16.8 Å². The van der Waals surface area contributed by atoms with E-state index >= 15 is 0 Å². The number of nitrogens with zero attached hydrogens (tertiary/aromatic N) is 2. The van der Waals surface area contributed by atoms with E-state index in [1.165, 1.54) is 24.5 Å². The molecule has 1 aromatic carbocycles. The minimum Gasteiger partial charge on any atom is -0.337 e. The molecule has 0 saturated carbocycles. The molecule has 2 amide bonds. The Bertz CT molecular complexity index is 760. The molecule has 0 fully saturated rings. The van der Waals surface area contributed by atoms with E-state index in [1.807, 2.05) is 6.07 Å². The van der Waals surface area contributed by atoms with Gasteiger partial charge in [-0.3, -0.25) is 9.59 Å². The number of nitrogens with one attached hydrogen (secondary N) is 3. The summed E-state index contributed by atoms with van der Waals surface area (Å²) in [6.45, 7) is 1.41. The normalized spacial score (nSPS) is 10.5. The van der Waals surface area contributed by atoms with E-state index < -0.39 is 5.91 Å². The van der Waals surface area contributed by atoms with E-state index in [-0.39, 0.29) is 11.5 Å². The van der Waals surface area contributed by atoms with Crippen LogP contribution < -0.4 is 16.0 Å². The summed E-state index contributed by atoms with van der Waals surface area (Å²) in [5.74, 6) is -0.714. The number of carbonyl (C=O) groups is 2. The maximum Gasteiger partial charge on any atom is 0.267 e. The summed E-state index contributed by atoms with van der Waals surface area (Å²) in [6, 6.07) is 8.40. The van der Waals surface area contributed by atoms with Gasteiger partial charge >= 0.3 is 0 Å². The van der Waals surface area contributed by atoms with Gasteiger partial charge in [-0.1, -0.05) is 0 Å². The average Bonchev–Trinajstić information content (AvgIpc) is 3.03. The van der Waals surface area contributed by atoms with E-state index in [0.29, 0.717) is 16.5 Å². The molecule has 7 nitrogen and oxygen atoms in total. The maximum atomic E-state index is 12.0. The quantitative estimate of drug-likeness (QED) is 0.578. The van der Waals surface area contributed by atoms with Crippen molar-refractivity contribution in [3.8, 4) is 6.07 Å². The fourth-order valence-corrected chi connectivity index (χ4v) is 2.12. The number of rotatable bonds is 5. The summed E-state index contributed by atoms with van der Waals surface area (Å²) >= 11 is 1.36. The number of nitriles is 1. The molecule has 0 aliphatic rings. The van der Waals surface area contributed by atoms with Crippen LogP contribution in [0.15, 0.2) is 47.6 Å². The molecular formula is C15H13N5O2S. The molecule has 3 N–H and O–H groups in total. The molecule has 0 spiro atoms. The highest BCUT2D eigenvalue weighted by molar-refractivity contribution is 7.13. The Labute approximate surface area is 136 Å². The average molecular weight is 327 g/mol. The molecule has 116 valence electrons. The Morgan fingerprint density at radius 2 is 1.87 bits per heavy atom. The SMILES string of the molecule is CC(=O)Nc1ccc(NC(=O)/C(C#N)=C\Nc2nccs2)cc1. The fraction of sp³-hybridized carbons (Fsp3) is 0.0667. The van der Waals surface area contributed by atoms with Gasteiger partial charge in [0.25, 0.3) is 5.91 Å². The van der Waals surface area contributed by atoms with Crippen molar-refractivity contribution in [1.29, 1.82) is 5.26 Å². The molecule has 0 aliphatic heterocycles. The maximum absolute atomic E-state index is 12.0. The molecule has 0 bridgehead atoms. The van der Waals surface area contributed by atoms with E-state index in [2.05, 4.69) is 20.9 Å². The largest absolute Gasteiger partial charge is 0.337 e. The minimum atomic E-state index is -0.538. The summed E-state index contributed by atoms with van der Waals surface area (Å²) < 4.78 is 0. The summed E-state index contributed by atoms with van der Waals surface area (Å²) in [7, 11) is 0. The second-order valence-electron chi connectivity index (χ2n) is 4.36. The first kappa shape index (κ1) is 16.2. The zero-order chi connectivity index (χ0) is 16.7. The zero-order valence-electron chi connectivity index (χ0n) is 12.2. The van der Waals surface area contributed by atoms with Crippen LogP contribution in [-0.2, 0) is 9.59 Å². The molecular weight excluding hydrogens is 314 g/mol. The van der Waals surface area contributed by atoms with Crippen molar-refractivity contribution in [2.75, 3.05) is 16.0 Å². The monoisotopic (exact) mass is 327 g/mol. The second-order valence-corrected chi connectivity index (χ2v) is 5.26. The number of amides is 2. The first-order valence-electron chi connectivity index (χ1n) is 6.54. The lowest BCUT2D eigenvalue weighted by Crippen LogP contribution is -2.14. The van der Waals surface area contributed by atoms with Gasteiger partial charge in [-0.05, 0) is 24.3 Å². The van der Waals surface area contributed by atoms with Crippen molar-refractivity contribution in [3.05, 3.63) is 47.6 Å². The highest BCUT2D eigenvalue weighted by atomic mass is 32.1. The van der Waals surface area contributed by atoms with Crippen LogP contribution in [0.2, 0.25) is 0 Å². The first-order chi connectivity index (χ1) is 11.1. The predicted octanol–water partition coefficient (Wildman–Crippen LogP) is 2.56. The van der Waals surface area contributed by atoms with Crippen LogP contribution in [0, 0.1) is 11.3 Å². The number of hydrogen-bond acceptors (Lipinski definition) is 6. The van der Waals surface area contributed by atoms with Crippen molar-refractivity contribution in [2.24, 2.45) is 0 Å². The molecule has 8 heteroatoms. The Morgan fingerprint density at radius 1 is 1.22 bits per heavy atom. The van der Waals surface area contributed by atoms with Gasteiger partial charge in [0.05, 0.1) is 0 Å². The van der Waals surface area contributed by atoms with Gasteiger partial charge in [-0.15, -0.1) is 11.3 Å². The minimum absolute atomic E-state index is 0.0777. The van der Waals surface area contributed by atoms with Crippen LogP contribution in [0.1, 0.15) is 6.92 Å². The van der Waals surface area contributed by atoms with E-state index in [4.69, 9.17) is 5.26 Å². The highest BCUT2D eigenvalue weighted by Crippen LogP contribution is 2.15. The van der Waals surface area contributed by atoms with Crippen molar-refractivity contribution >= 4 is 39.7 Å². The Hall–Kier alpha value is -3.18. The van der Waals surface area contributed by atoms with Gasteiger partial charge in [-0.2, -0.15) is 5.26 Å². The van der Waals surface area contributed by atoms with E-state index in [9.17, 15) is 9.59 Å². The number of thiazole rings is 1. The van der Waals surface area contributed by atoms with Crippen molar-refractivity contribution in [1.82, 2.24) is 4.98 Å². The van der Waals surface area contributed by atoms with E-state index in [1.54, 1.807) is 35.8 Å². The van der Waals surface area contributed by atoms with Gasteiger partial charge in [-0.25, -0.2) is 4.98 Å². The van der Waals surface area contributed by atoms with Crippen LogP contribution in [0.25, 0.3) is 0 Å². The van der Waals surface area contributed by atoms with E-state index in [0.717, 1.165) is 0 Å². The summed E-state index contributed by atoms with van der Waals surface area (Å²) in [5.41, 5.74) is 1.06. The Balaban J connectivity index is 2.00. The number of carbonyl (C=O) groups excluding carboxylic acids is 2. The molecule has 2 rings (SSSR count). The van der Waals surface area contributed by atoms with Crippen LogP contribution >= 0.6 is 11.3 Å². The molecule has 23 heavy (non-hydrogen) atoms. The zero-order valence-corrected chi connectivity index (χ0v) is 13.0. The predicted molar refractivity (Wildman–Crippen MR) is 88.8 cm³/mol. The number of aromatic nitrogens is 1. The molecule has 0 radical (unpaired) electrons. The summed E-state index contributed by atoms with van der Waals surface area (Å²) in [5, 5.41) is 19.4. The van der Waals surface area contributed by atoms with Crippen LogP contribution in [0.3, 0.4) is 0 Å². The van der Waals surface area contributed by atoms with Gasteiger partial charge in [0.15, 0.2) is 5.13 Å². The van der Waals surface area contributed by atoms with Gasteiger partial charge in [0, 0.05) is 36.1 Å². The lowest BCUT2D eigenvalue weighted by Gasteiger charge is -2.06. The topological polar surface area (TPSA) is 107 Å². The van der Waals surface area contributed by atoms with Gasteiger partial charge < -0.3 is 16.0 Å². The molecule has 0 saturated heterocycles. The fourth-order valence-electron chi connectivity index (χ4n) is 1.62. The third-order valence-corrected chi connectivity index (χ3v) is 3.30. The molecule has 0 atom stereocenters. The smallest absolute Gasteiger partial charge is 0.267 e. The Kier molecular flexibility index (Phi) is 5.44. The van der Waals surface area contributed by atoms with Crippen LogP contribution in [0.4, 0.5) is 16.5 Å². The lowest BCUT2D eigenvalue weighted by atomic mass is 10.2. The molecule has 0 aliphatic carbocycles. The molecule has 1 heterocycles. The summed E-state index contributed by atoms with van der Waals surface area (Å²) in [4.78, 5) is 27.0. The molecule has 2 aromatic rings. The van der Waals surface area contributed by atoms with Crippen molar-refractivity contribution < 1.29 is 9.59 Å². The second kappa shape index (κ2) is 7.72. The lowest BCUT2D eigenvalue weighted by molar-refractivity contribution is -0.114.